The van der Waals surface area contributed by atoms with Gasteiger partial charge >= 0.3 is 0 Å². The molecule has 0 bridgehead atoms. The van der Waals surface area contributed by atoms with E-state index in [-0.39, 0.29) is 0 Å². The number of nitrogens with two attached hydrogens (primary N) is 2. The molecule has 2 heteroatoms. The molecule has 0 spiro atoms. The largest absolute Gasteiger partial charge is 0.399 e. The van der Waals surface area contributed by atoms with Gasteiger partial charge in [-0.1, -0.05) is 12.1 Å². The molecule has 5 rings (SSSR count). The van der Waals surface area contributed by atoms with Crippen LogP contribution in [0, 0.1) is 0 Å². The first-order chi connectivity index (χ1) is 11.7. The Bertz CT molecular complexity index is 1170. The van der Waals surface area contributed by atoms with E-state index in [0.717, 1.165) is 11.4 Å². The van der Waals surface area contributed by atoms with Gasteiger partial charge in [0.2, 0.25) is 0 Å². The molecule has 2 nitrogen and oxygen atoms in total. The predicted octanol–water partition coefficient (Wildman–Crippen LogP) is 5.46. The van der Waals surface area contributed by atoms with Crippen LogP contribution in [0.4, 0.5) is 11.4 Å². The normalized spacial score (nSPS) is 11.7. The van der Waals surface area contributed by atoms with Gasteiger partial charge in [-0.2, -0.15) is 0 Å². The fourth-order valence-electron chi connectivity index (χ4n) is 3.54. The van der Waals surface area contributed by atoms with Crippen molar-refractivity contribution in [3.63, 3.8) is 0 Å². The van der Waals surface area contributed by atoms with Crippen LogP contribution < -0.4 is 11.5 Å². The summed E-state index contributed by atoms with van der Waals surface area (Å²) in [5.41, 5.74) is 13.4. The van der Waals surface area contributed by atoms with Crippen molar-refractivity contribution in [3.05, 3.63) is 72.8 Å². The highest BCUT2D eigenvalue weighted by molar-refractivity contribution is 6.08. The van der Waals surface area contributed by atoms with Crippen LogP contribution in [0.2, 0.25) is 0 Å². The van der Waals surface area contributed by atoms with E-state index in [4.69, 9.17) is 11.5 Å². The van der Waals surface area contributed by atoms with E-state index in [1.165, 1.54) is 43.1 Å². The Labute approximate surface area is 139 Å². The SMILES string of the molecule is Nc1ccc2cc3cc4cc5ccc(N)cc5cc4cc3cc2c1. The average molecular weight is 308 g/mol. The fraction of sp³-hybridized carbons (Fsp3) is 0. The molecule has 0 saturated heterocycles. The predicted molar refractivity (Wildman–Crippen MR) is 105 cm³/mol. The van der Waals surface area contributed by atoms with Crippen molar-refractivity contribution >= 4 is 54.5 Å². The molecule has 0 aliphatic carbocycles. The van der Waals surface area contributed by atoms with Crippen LogP contribution >= 0.6 is 0 Å². The highest BCUT2D eigenvalue weighted by atomic mass is 14.5. The fourth-order valence-corrected chi connectivity index (χ4v) is 3.54. The summed E-state index contributed by atoms with van der Waals surface area (Å²) in [6.07, 6.45) is 0. The van der Waals surface area contributed by atoms with Gasteiger partial charge in [0.25, 0.3) is 0 Å². The first-order valence-electron chi connectivity index (χ1n) is 8.02. The maximum absolute atomic E-state index is 5.92. The molecule has 0 aliphatic rings. The molecule has 0 heterocycles. The Morgan fingerprint density at radius 1 is 0.333 bits per heavy atom. The second kappa shape index (κ2) is 4.62. The van der Waals surface area contributed by atoms with E-state index in [1.54, 1.807) is 0 Å². The Morgan fingerprint density at radius 3 is 1.00 bits per heavy atom. The maximum atomic E-state index is 5.92. The molecule has 114 valence electrons. The summed E-state index contributed by atoms with van der Waals surface area (Å²) in [5, 5.41) is 9.71. The minimum Gasteiger partial charge on any atom is -0.399 e. The molecule has 0 saturated carbocycles. The number of fused-ring (bicyclic) bond motifs is 4. The van der Waals surface area contributed by atoms with Crippen molar-refractivity contribution in [2.45, 2.75) is 0 Å². The molecule has 5 aromatic rings. The van der Waals surface area contributed by atoms with Gasteiger partial charge < -0.3 is 11.5 Å². The van der Waals surface area contributed by atoms with Crippen LogP contribution in [0.25, 0.3) is 43.1 Å². The summed E-state index contributed by atoms with van der Waals surface area (Å²) in [7, 11) is 0. The first-order valence-corrected chi connectivity index (χ1v) is 8.02. The average Bonchev–Trinajstić information content (AvgIpc) is 2.56. The van der Waals surface area contributed by atoms with Gasteiger partial charge in [-0.25, -0.2) is 0 Å². The maximum Gasteiger partial charge on any atom is 0.0320 e. The second-order valence-electron chi connectivity index (χ2n) is 6.46. The van der Waals surface area contributed by atoms with Crippen molar-refractivity contribution in [3.8, 4) is 0 Å². The van der Waals surface area contributed by atoms with Gasteiger partial charge in [-0.3, -0.25) is 0 Å². The lowest BCUT2D eigenvalue weighted by Gasteiger charge is -2.08. The lowest BCUT2D eigenvalue weighted by Crippen LogP contribution is -1.85. The smallest absolute Gasteiger partial charge is 0.0320 e. The molecule has 0 aliphatic heterocycles. The van der Waals surface area contributed by atoms with Crippen molar-refractivity contribution < 1.29 is 0 Å². The zero-order valence-corrected chi connectivity index (χ0v) is 13.1. The summed E-state index contributed by atoms with van der Waals surface area (Å²) in [5.74, 6) is 0. The number of anilines is 2. The minimum absolute atomic E-state index is 0.795. The monoisotopic (exact) mass is 308 g/mol. The van der Waals surface area contributed by atoms with Gasteiger partial charge in [0.1, 0.15) is 0 Å². The van der Waals surface area contributed by atoms with Crippen LogP contribution in [0.15, 0.2) is 72.8 Å². The summed E-state index contributed by atoms with van der Waals surface area (Å²) in [6, 6.07) is 25.5. The lowest BCUT2D eigenvalue weighted by molar-refractivity contribution is 1.74. The first kappa shape index (κ1) is 13.2. The highest BCUT2D eigenvalue weighted by Crippen LogP contribution is 2.31. The Hall–Kier alpha value is -3.26. The van der Waals surface area contributed by atoms with E-state index in [2.05, 4.69) is 48.5 Å². The minimum atomic E-state index is 0.795. The molecule has 0 atom stereocenters. The van der Waals surface area contributed by atoms with Crippen LogP contribution in [0.3, 0.4) is 0 Å². The lowest BCUT2D eigenvalue weighted by atomic mass is 9.97. The quantitative estimate of drug-likeness (QED) is 0.294. The molecule has 4 N–H and O–H groups in total. The number of hydrogen-bond acceptors (Lipinski definition) is 2. The van der Waals surface area contributed by atoms with Gasteiger partial charge in [-0.15, -0.1) is 0 Å². The Balaban J connectivity index is 1.88. The van der Waals surface area contributed by atoms with Crippen LogP contribution in [-0.4, -0.2) is 0 Å². The third kappa shape index (κ3) is 1.97. The van der Waals surface area contributed by atoms with Crippen molar-refractivity contribution in [2.24, 2.45) is 0 Å². The van der Waals surface area contributed by atoms with E-state index >= 15 is 0 Å². The molecule has 24 heavy (non-hydrogen) atoms. The van der Waals surface area contributed by atoms with E-state index in [0.29, 0.717) is 0 Å². The third-order valence-corrected chi connectivity index (χ3v) is 4.75. The van der Waals surface area contributed by atoms with Gasteiger partial charge in [-0.05, 0) is 104 Å². The molecular weight excluding hydrogens is 292 g/mol. The van der Waals surface area contributed by atoms with Gasteiger partial charge in [0.15, 0.2) is 0 Å². The summed E-state index contributed by atoms with van der Waals surface area (Å²) in [6.45, 7) is 0. The van der Waals surface area contributed by atoms with Crippen molar-refractivity contribution in [1.82, 2.24) is 0 Å². The number of hydrogen-bond donors (Lipinski definition) is 2. The van der Waals surface area contributed by atoms with E-state index in [1.807, 2.05) is 24.3 Å². The third-order valence-electron chi connectivity index (χ3n) is 4.75. The molecular formula is C22H16N2. The highest BCUT2D eigenvalue weighted by Gasteiger charge is 2.04. The topological polar surface area (TPSA) is 52.0 Å². The molecule has 0 unspecified atom stereocenters. The van der Waals surface area contributed by atoms with Gasteiger partial charge in [0, 0.05) is 11.4 Å². The summed E-state index contributed by atoms with van der Waals surface area (Å²) >= 11 is 0. The van der Waals surface area contributed by atoms with Crippen molar-refractivity contribution in [2.75, 3.05) is 11.5 Å². The number of nitrogen functional groups attached to an aromatic ring is 2. The zero-order chi connectivity index (χ0) is 16.3. The summed E-state index contributed by atoms with van der Waals surface area (Å²) < 4.78 is 0. The van der Waals surface area contributed by atoms with Crippen LogP contribution in [0.1, 0.15) is 0 Å². The molecule has 0 radical (unpaired) electrons. The Morgan fingerprint density at radius 2 is 0.625 bits per heavy atom. The molecule has 0 amide bonds. The zero-order valence-electron chi connectivity index (χ0n) is 13.1. The number of rotatable bonds is 0. The van der Waals surface area contributed by atoms with Crippen molar-refractivity contribution in [1.29, 1.82) is 0 Å². The van der Waals surface area contributed by atoms with E-state index in [9.17, 15) is 0 Å². The molecule has 5 aromatic carbocycles. The standard InChI is InChI=1S/C22H16N2/c23-21-3-1-13-5-15-7-16-6-14-2-4-22(24)12-20(14)10-18(16)8-17(15)9-19(13)11-21/h1-12H,23-24H2. The van der Waals surface area contributed by atoms with Crippen LogP contribution in [-0.2, 0) is 0 Å². The van der Waals surface area contributed by atoms with E-state index < -0.39 is 0 Å². The number of benzene rings is 5. The molecule has 0 fully saturated rings. The van der Waals surface area contributed by atoms with Crippen LogP contribution in [0.5, 0.6) is 0 Å². The molecule has 0 aromatic heterocycles. The summed E-state index contributed by atoms with van der Waals surface area (Å²) in [4.78, 5) is 0. The van der Waals surface area contributed by atoms with Gasteiger partial charge in [0.05, 0.1) is 0 Å². The Kier molecular flexibility index (Phi) is 2.54. The second-order valence-corrected chi connectivity index (χ2v) is 6.46.